The van der Waals surface area contributed by atoms with Gasteiger partial charge in [0, 0.05) is 19.3 Å². The lowest BCUT2D eigenvalue weighted by Gasteiger charge is -2.30. The second kappa shape index (κ2) is 8.62. The molecule has 28 heavy (non-hydrogen) atoms. The third kappa shape index (κ3) is 4.92. The van der Waals surface area contributed by atoms with Crippen LogP contribution in [0.5, 0.6) is 5.75 Å². The highest BCUT2D eigenvalue weighted by molar-refractivity contribution is 5.67. The van der Waals surface area contributed by atoms with Crippen LogP contribution in [0.3, 0.4) is 0 Å². The molecule has 3 nitrogen and oxygen atoms in total. The van der Waals surface area contributed by atoms with E-state index >= 15 is 0 Å². The van der Waals surface area contributed by atoms with Crippen molar-refractivity contribution in [1.82, 2.24) is 0 Å². The number of carboxylic acids is 1. The van der Waals surface area contributed by atoms with Crippen molar-refractivity contribution in [3.63, 3.8) is 0 Å². The molecule has 0 radical (unpaired) electrons. The van der Waals surface area contributed by atoms with Crippen molar-refractivity contribution >= 4 is 5.97 Å². The SMILES string of the molecule is Cc1c(CCC(=O)O)ccc(OCC2=C(C3CCC(F)(F)CC3)CCC2)c1C. The molecule has 2 aliphatic rings. The van der Waals surface area contributed by atoms with Gasteiger partial charge in [-0.1, -0.05) is 11.6 Å². The first kappa shape index (κ1) is 20.8. The molecule has 1 fully saturated rings. The number of rotatable bonds is 7. The summed E-state index contributed by atoms with van der Waals surface area (Å²) in [6.07, 6.45) is 4.92. The maximum Gasteiger partial charge on any atom is 0.303 e. The van der Waals surface area contributed by atoms with E-state index in [1.807, 2.05) is 26.0 Å². The quantitative estimate of drug-likeness (QED) is 0.579. The van der Waals surface area contributed by atoms with Crippen LogP contribution in [-0.4, -0.2) is 23.6 Å². The molecule has 0 unspecified atom stereocenters. The van der Waals surface area contributed by atoms with Crippen LogP contribution in [0, 0.1) is 19.8 Å². The zero-order valence-corrected chi connectivity index (χ0v) is 16.8. The molecular weight excluding hydrogens is 362 g/mol. The van der Waals surface area contributed by atoms with E-state index in [9.17, 15) is 13.6 Å². The minimum atomic E-state index is -2.48. The summed E-state index contributed by atoms with van der Waals surface area (Å²) >= 11 is 0. The maximum atomic E-state index is 13.5. The molecule has 0 amide bonds. The van der Waals surface area contributed by atoms with E-state index in [4.69, 9.17) is 9.84 Å². The highest BCUT2D eigenvalue weighted by Crippen LogP contribution is 2.43. The minimum Gasteiger partial charge on any atom is -0.489 e. The molecule has 1 saturated carbocycles. The summed E-state index contributed by atoms with van der Waals surface area (Å²) in [7, 11) is 0. The Morgan fingerprint density at radius 2 is 1.89 bits per heavy atom. The van der Waals surface area contributed by atoms with Gasteiger partial charge in [-0.25, -0.2) is 8.78 Å². The fraction of sp³-hybridized carbons (Fsp3) is 0.609. The van der Waals surface area contributed by atoms with Gasteiger partial charge < -0.3 is 9.84 Å². The molecule has 1 aromatic rings. The van der Waals surface area contributed by atoms with Gasteiger partial charge in [0.2, 0.25) is 5.92 Å². The summed E-state index contributed by atoms with van der Waals surface area (Å²) < 4.78 is 33.1. The smallest absolute Gasteiger partial charge is 0.303 e. The number of aliphatic carboxylic acids is 1. The van der Waals surface area contributed by atoms with Crippen molar-refractivity contribution in [2.45, 2.75) is 77.6 Å². The van der Waals surface area contributed by atoms with Gasteiger partial charge in [-0.3, -0.25) is 4.79 Å². The highest BCUT2D eigenvalue weighted by Gasteiger charge is 2.37. The Balaban J connectivity index is 1.66. The molecule has 0 bridgehead atoms. The van der Waals surface area contributed by atoms with E-state index in [0.717, 1.165) is 41.7 Å². The molecule has 0 aromatic heterocycles. The van der Waals surface area contributed by atoms with Gasteiger partial charge in [0.15, 0.2) is 0 Å². The maximum absolute atomic E-state index is 13.5. The summed E-state index contributed by atoms with van der Waals surface area (Å²) in [5.41, 5.74) is 5.82. The van der Waals surface area contributed by atoms with Crippen molar-refractivity contribution in [2.24, 2.45) is 5.92 Å². The van der Waals surface area contributed by atoms with Crippen LogP contribution in [0.1, 0.15) is 68.1 Å². The van der Waals surface area contributed by atoms with E-state index in [0.29, 0.717) is 31.8 Å². The normalized spacial score (nSPS) is 19.9. The molecule has 0 aliphatic heterocycles. The lowest BCUT2D eigenvalue weighted by atomic mass is 9.80. The molecule has 1 N–H and O–H groups in total. The van der Waals surface area contributed by atoms with Gasteiger partial charge in [0.1, 0.15) is 12.4 Å². The number of carbonyl (C=O) groups is 1. The minimum absolute atomic E-state index is 0.00537. The predicted molar refractivity (Wildman–Crippen MR) is 105 cm³/mol. The molecule has 5 heteroatoms. The lowest BCUT2D eigenvalue weighted by molar-refractivity contribution is -0.136. The van der Waals surface area contributed by atoms with Gasteiger partial charge >= 0.3 is 5.97 Å². The summed E-state index contributed by atoms with van der Waals surface area (Å²) in [6.45, 7) is 4.53. The second-order valence-corrected chi connectivity index (χ2v) is 8.27. The van der Waals surface area contributed by atoms with E-state index in [1.165, 1.54) is 11.1 Å². The topological polar surface area (TPSA) is 46.5 Å². The van der Waals surface area contributed by atoms with Crippen LogP contribution >= 0.6 is 0 Å². The largest absolute Gasteiger partial charge is 0.489 e. The molecule has 0 atom stereocenters. The average Bonchev–Trinajstić information content (AvgIpc) is 3.10. The number of hydrogen-bond donors (Lipinski definition) is 1. The number of ether oxygens (including phenoxy) is 1. The van der Waals surface area contributed by atoms with Crippen molar-refractivity contribution in [3.05, 3.63) is 40.0 Å². The van der Waals surface area contributed by atoms with Crippen LogP contribution in [-0.2, 0) is 11.2 Å². The molecule has 154 valence electrons. The Morgan fingerprint density at radius 1 is 1.18 bits per heavy atom. The molecule has 0 saturated heterocycles. The molecular formula is C23H30F2O3. The van der Waals surface area contributed by atoms with Crippen molar-refractivity contribution in [3.8, 4) is 5.75 Å². The number of benzene rings is 1. The number of halogens is 2. The van der Waals surface area contributed by atoms with Crippen LogP contribution < -0.4 is 4.74 Å². The Hall–Kier alpha value is -1.91. The Bertz CT molecular complexity index is 757. The molecule has 0 heterocycles. The Morgan fingerprint density at radius 3 is 2.57 bits per heavy atom. The van der Waals surface area contributed by atoms with Gasteiger partial charge in [-0.2, -0.15) is 0 Å². The number of aryl methyl sites for hydroxylation is 1. The van der Waals surface area contributed by atoms with Crippen molar-refractivity contribution in [2.75, 3.05) is 6.61 Å². The van der Waals surface area contributed by atoms with Gasteiger partial charge in [-0.05, 0) is 86.6 Å². The predicted octanol–water partition coefficient (Wildman–Crippen LogP) is 6.01. The first-order chi connectivity index (χ1) is 13.3. The zero-order valence-electron chi connectivity index (χ0n) is 16.8. The van der Waals surface area contributed by atoms with Gasteiger partial charge in [-0.15, -0.1) is 0 Å². The molecule has 2 aliphatic carbocycles. The van der Waals surface area contributed by atoms with E-state index in [2.05, 4.69) is 0 Å². The first-order valence-corrected chi connectivity index (χ1v) is 10.3. The van der Waals surface area contributed by atoms with Crippen LogP contribution in [0.25, 0.3) is 0 Å². The fourth-order valence-electron chi connectivity index (χ4n) is 4.56. The lowest BCUT2D eigenvalue weighted by Crippen LogP contribution is -2.25. The first-order valence-electron chi connectivity index (χ1n) is 10.3. The number of hydrogen-bond acceptors (Lipinski definition) is 2. The van der Waals surface area contributed by atoms with E-state index < -0.39 is 11.9 Å². The number of alkyl halides is 2. The zero-order chi connectivity index (χ0) is 20.3. The third-order valence-electron chi connectivity index (χ3n) is 6.45. The number of carboxylic acid groups (broad SMARTS) is 1. The van der Waals surface area contributed by atoms with E-state index in [1.54, 1.807) is 0 Å². The summed E-state index contributed by atoms with van der Waals surface area (Å²) in [6, 6.07) is 3.88. The number of allylic oxidation sites excluding steroid dienone is 1. The summed E-state index contributed by atoms with van der Waals surface area (Å²) in [5, 5.41) is 8.88. The molecule has 3 rings (SSSR count). The summed E-state index contributed by atoms with van der Waals surface area (Å²) in [4.78, 5) is 10.8. The van der Waals surface area contributed by atoms with Crippen LogP contribution in [0.2, 0.25) is 0 Å². The average molecular weight is 392 g/mol. The third-order valence-corrected chi connectivity index (χ3v) is 6.45. The van der Waals surface area contributed by atoms with Gasteiger partial charge in [0.25, 0.3) is 0 Å². The van der Waals surface area contributed by atoms with Crippen molar-refractivity contribution < 1.29 is 23.4 Å². The summed E-state index contributed by atoms with van der Waals surface area (Å²) in [5.74, 6) is -2.16. The van der Waals surface area contributed by atoms with Crippen molar-refractivity contribution in [1.29, 1.82) is 0 Å². The fourth-order valence-corrected chi connectivity index (χ4v) is 4.56. The molecule has 0 spiro atoms. The Kier molecular flexibility index (Phi) is 6.41. The second-order valence-electron chi connectivity index (χ2n) is 8.27. The monoisotopic (exact) mass is 392 g/mol. The standard InChI is InChI=1S/C23H30F2O3/c1-15-16(2)21(8-6-17(15)7-9-22(26)27)28-14-19-4-3-5-20(19)18-10-12-23(24,25)13-11-18/h6,8,18H,3-5,7,9-14H2,1-2H3,(H,26,27). The molecule has 1 aromatic carbocycles. The van der Waals surface area contributed by atoms with E-state index in [-0.39, 0.29) is 19.3 Å². The Labute approximate surface area is 165 Å². The van der Waals surface area contributed by atoms with Gasteiger partial charge in [0.05, 0.1) is 0 Å². The van der Waals surface area contributed by atoms with Crippen LogP contribution in [0.4, 0.5) is 8.78 Å². The van der Waals surface area contributed by atoms with Crippen LogP contribution in [0.15, 0.2) is 23.3 Å². The highest BCUT2D eigenvalue weighted by atomic mass is 19.3.